The van der Waals surface area contributed by atoms with Crippen molar-refractivity contribution in [3.8, 4) is 0 Å². The summed E-state index contributed by atoms with van der Waals surface area (Å²) in [4.78, 5) is 14.2. The van der Waals surface area contributed by atoms with Gasteiger partial charge in [0.25, 0.3) is 0 Å². The number of fused-ring (bicyclic) bond motifs is 1. The lowest BCUT2D eigenvalue weighted by atomic mass is 10.0. The van der Waals surface area contributed by atoms with Gasteiger partial charge in [-0.1, -0.05) is 35.9 Å². The van der Waals surface area contributed by atoms with Crippen LogP contribution < -0.4 is 16.2 Å². The van der Waals surface area contributed by atoms with E-state index in [1.807, 2.05) is 24.3 Å². The van der Waals surface area contributed by atoms with Gasteiger partial charge in [0, 0.05) is 46.2 Å². The van der Waals surface area contributed by atoms with Crippen molar-refractivity contribution in [3.63, 3.8) is 0 Å². The van der Waals surface area contributed by atoms with Crippen molar-refractivity contribution >= 4 is 44.0 Å². The molecule has 1 aliphatic rings. The summed E-state index contributed by atoms with van der Waals surface area (Å²) in [6, 6.07) is 16.8. The SMILES string of the molecule is NC(=O)c1ccc(S(N)(=O)=O)cc1CCCCN1CCC(Nc2ccc(Cl)c3ccccc23)CC1. The number of nitrogens with one attached hydrogen (secondary N) is 1. The lowest BCUT2D eigenvalue weighted by Gasteiger charge is -2.33. The molecule has 0 unspecified atom stereocenters. The average molecular weight is 515 g/mol. The summed E-state index contributed by atoms with van der Waals surface area (Å²) in [5.74, 6) is -0.566. The van der Waals surface area contributed by atoms with E-state index in [4.69, 9.17) is 22.5 Å². The first-order valence-electron chi connectivity index (χ1n) is 11.8. The van der Waals surface area contributed by atoms with E-state index in [1.54, 1.807) is 0 Å². The quantitative estimate of drug-likeness (QED) is 0.371. The number of nitrogens with two attached hydrogens (primary N) is 2. The molecule has 1 fully saturated rings. The lowest BCUT2D eigenvalue weighted by molar-refractivity contribution is 0.0999. The maximum Gasteiger partial charge on any atom is 0.248 e. The Kier molecular flexibility index (Phi) is 7.96. The third kappa shape index (κ3) is 6.32. The van der Waals surface area contributed by atoms with Crippen molar-refractivity contribution in [1.82, 2.24) is 4.90 Å². The molecule has 0 atom stereocenters. The molecule has 3 aromatic carbocycles. The number of halogens is 1. The summed E-state index contributed by atoms with van der Waals surface area (Å²) >= 11 is 6.35. The molecule has 186 valence electrons. The first-order chi connectivity index (χ1) is 16.7. The Balaban J connectivity index is 1.27. The molecule has 0 saturated carbocycles. The van der Waals surface area contributed by atoms with Crippen LogP contribution in [0.3, 0.4) is 0 Å². The summed E-state index contributed by atoms with van der Waals surface area (Å²) in [5, 5.41) is 11.9. The van der Waals surface area contributed by atoms with Crippen molar-refractivity contribution < 1.29 is 13.2 Å². The standard InChI is InChI=1S/C26H31ClN4O3S/c27-24-10-11-25(23-7-2-1-6-22(23)24)30-19-12-15-31(16-13-19)14-4-3-5-18-17-20(35(29,33)34)8-9-21(18)26(28)32/h1-2,6-11,17,19,30H,3-5,12-16H2,(H2,28,32)(H2,29,33,34). The molecule has 4 rings (SSSR count). The average Bonchev–Trinajstić information content (AvgIpc) is 2.84. The summed E-state index contributed by atoms with van der Waals surface area (Å²) in [5.41, 5.74) is 7.55. The molecule has 5 N–H and O–H groups in total. The van der Waals surface area contributed by atoms with Crippen LogP contribution in [-0.2, 0) is 16.4 Å². The largest absolute Gasteiger partial charge is 0.382 e. The van der Waals surface area contributed by atoms with Gasteiger partial charge in [-0.3, -0.25) is 4.79 Å². The number of hydrogen-bond acceptors (Lipinski definition) is 5. The van der Waals surface area contributed by atoms with Gasteiger partial charge >= 0.3 is 0 Å². The number of primary sulfonamides is 1. The molecule has 9 heteroatoms. The zero-order valence-corrected chi connectivity index (χ0v) is 21.1. The molecule has 0 spiro atoms. The Hall–Kier alpha value is -2.65. The maximum absolute atomic E-state index is 11.7. The predicted molar refractivity (Wildman–Crippen MR) is 141 cm³/mol. The molecular formula is C26H31ClN4O3S. The molecule has 0 bridgehead atoms. The first kappa shape index (κ1) is 25.4. The molecule has 0 aromatic heterocycles. The van der Waals surface area contributed by atoms with Crippen LogP contribution in [0, 0.1) is 0 Å². The van der Waals surface area contributed by atoms with Gasteiger partial charge in [-0.05, 0) is 74.5 Å². The molecule has 7 nitrogen and oxygen atoms in total. The van der Waals surface area contributed by atoms with Crippen LogP contribution in [0.5, 0.6) is 0 Å². The van der Waals surface area contributed by atoms with Gasteiger partial charge in [0.2, 0.25) is 15.9 Å². The minimum absolute atomic E-state index is 0.000498. The van der Waals surface area contributed by atoms with Crippen molar-refractivity contribution in [2.45, 2.75) is 43.0 Å². The highest BCUT2D eigenvalue weighted by atomic mass is 35.5. The first-order valence-corrected chi connectivity index (χ1v) is 13.8. The highest BCUT2D eigenvalue weighted by molar-refractivity contribution is 7.89. The van der Waals surface area contributed by atoms with E-state index in [-0.39, 0.29) is 4.90 Å². The van der Waals surface area contributed by atoms with Crippen molar-refractivity contribution in [2.75, 3.05) is 25.0 Å². The number of rotatable bonds is 9. The lowest BCUT2D eigenvalue weighted by Crippen LogP contribution is -2.39. The summed E-state index contributed by atoms with van der Waals surface area (Å²) in [6.07, 6.45) is 4.45. The molecule has 1 heterocycles. The van der Waals surface area contributed by atoms with Crippen LogP contribution in [0.1, 0.15) is 41.6 Å². The number of primary amides is 1. The van der Waals surface area contributed by atoms with Gasteiger partial charge in [0.1, 0.15) is 0 Å². The highest BCUT2D eigenvalue weighted by Crippen LogP contribution is 2.31. The number of carbonyl (C=O) groups is 1. The van der Waals surface area contributed by atoms with Gasteiger partial charge in [-0.15, -0.1) is 0 Å². The van der Waals surface area contributed by atoms with Crippen molar-refractivity contribution in [1.29, 1.82) is 0 Å². The number of piperidine rings is 1. The summed E-state index contributed by atoms with van der Waals surface area (Å²) < 4.78 is 23.3. The van der Waals surface area contributed by atoms with E-state index in [2.05, 4.69) is 22.3 Å². The second-order valence-electron chi connectivity index (χ2n) is 9.09. The number of carbonyl (C=O) groups excluding carboxylic acids is 1. The summed E-state index contributed by atoms with van der Waals surface area (Å²) in [7, 11) is -3.83. The smallest absolute Gasteiger partial charge is 0.248 e. The normalized spacial score (nSPS) is 15.4. The molecule has 0 aliphatic carbocycles. The topological polar surface area (TPSA) is 119 Å². The second kappa shape index (κ2) is 11.0. The van der Waals surface area contributed by atoms with Crippen LogP contribution in [0.2, 0.25) is 5.02 Å². The van der Waals surface area contributed by atoms with Crippen molar-refractivity contribution in [2.24, 2.45) is 10.9 Å². The van der Waals surface area contributed by atoms with E-state index in [1.165, 1.54) is 18.2 Å². The number of anilines is 1. The number of aryl methyl sites for hydroxylation is 1. The van der Waals surface area contributed by atoms with E-state index in [9.17, 15) is 13.2 Å². The minimum atomic E-state index is -3.83. The zero-order chi connectivity index (χ0) is 25.0. The Morgan fingerprint density at radius 2 is 1.74 bits per heavy atom. The van der Waals surface area contributed by atoms with E-state index in [0.717, 1.165) is 66.8 Å². The fraction of sp³-hybridized carbons (Fsp3) is 0.346. The Labute approximate surface area is 211 Å². The van der Waals surface area contributed by atoms with Gasteiger partial charge in [-0.2, -0.15) is 0 Å². The maximum atomic E-state index is 11.7. The number of hydrogen-bond donors (Lipinski definition) is 3. The monoisotopic (exact) mass is 514 g/mol. The van der Waals surface area contributed by atoms with Gasteiger partial charge < -0.3 is 16.0 Å². The van der Waals surface area contributed by atoms with Crippen LogP contribution in [0.25, 0.3) is 10.8 Å². The number of amides is 1. The molecule has 0 radical (unpaired) electrons. The predicted octanol–water partition coefficient (Wildman–Crippen LogP) is 4.14. The number of unbranched alkanes of at least 4 members (excludes halogenated alkanes) is 1. The number of sulfonamides is 1. The molecule has 1 saturated heterocycles. The fourth-order valence-electron chi connectivity index (χ4n) is 4.75. The van der Waals surface area contributed by atoms with E-state index in [0.29, 0.717) is 23.6 Å². The van der Waals surface area contributed by atoms with Crippen LogP contribution in [0.4, 0.5) is 5.69 Å². The van der Waals surface area contributed by atoms with E-state index < -0.39 is 15.9 Å². The Bertz CT molecular complexity index is 1320. The van der Waals surface area contributed by atoms with Gasteiger partial charge in [0.05, 0.1) is 4.90 Å². The molecule has 35 heavy (non-hydrogen) atoms. The third-order valence-electron chi connectivity index (χ3n) is 6.66. The van der Waals surface area contributed by atoms with Gasteiger partial charge in [-0.25, -0.2) is 13.6 Å². The van der Waals surface area contributed by atoms with Crippen molar-refractivity contribution in [3.05, 3.63) is 70.7 Å². The summed E-state index contributed by atoms with van der Waals surface area (Å²) in [6.45, 7) is 2.98. The third-order valence-corrected chi connectivity index (χ3v) is 7.90. The second-order valence-corrected chi connectivity index (χ2v) is 11.1. The van der Waals surface area contributed by atoms with Crippen LogP contribution in [0.15, 0.2) is 59.5 Å². The fourth-order valence-corrected chi connectivity index (χ4v) is 5.55. The molecule has 1 aliphatic heterocycles. The molecular weight excluding hydrogens is 484 g/mol. The number of nitrogens with zero attached hydrogens (tertiary/aromatic N) is 1. The Morgan fingerprint density at radius 1 is 1.03 bits per heavy atom. The number of benzene rings is 3. The molecule has 3 aromatic rings. The number of likely N-dealkylation sites (tertiary alicyclic amines) is 1. The minimum Gasteiger partial charge on any atom is -0.382 e. The van der Waals surface area contributed by atoms with Gasteiger partial charge in [0.15, 0.2) is 0 Å². The van der Waals surface area contributed by atoms with Crippen LogP contribution >= 0.6 is 11.6 Å². The molecule has 1 amide bonds. The van der Waals surface area contributed by atoms with E-state index >= 15 is 0 Å². The Morgan fingerprint density at radius 3 is 2.43 bits per heavy atom. The van der Waals surface area contributed by atoms with Crippen LogP contribution in [-0.4, -0.2) is 44.9 Å². The highest BCUT2D eigenvalue weighted by Gasteiger charge is 2.20. The zero-order valence-electron chi connectivity index (χ0n) is 19.5.